The van der Waals surface area contributed by atoms with Crippen LogP contribution in [0.3, 0.4) is 0 Å². The molecule has 5 aromatic rings. The van der Waals surface area contributed by atoms with Crippen molar-refractivity contribution < 1.29 is 9.30 Å². The van der Waals surface area contributed by atoms with Crippen molar-refractivity contribution in [1.82, 2.24) is 0 Å². The van der Waals surface area contributed by atoms with Gasteiger partial charge in [0.1, 0.15) is 18.5 Å². The number of hydrogen-bond donors (Lipinski definition) is 0. The Morgan fingerprint density at radius 3 is 2.00 bits per heavy atom. The second kappa shape index (κ2) is 10.8. The lowest BCUT2D eigenvalue weighted by Gasteiger charge is -2.29. The molecule has 0 aliphatic carbocycles. The standard InChI is InChI=1S/C42H50NO/c1-23(2)29-19-32(24(3)4)38(33(20-29)25(5)6)30-18-28-15-16-43(12)40-37-27(8)31-14-13-26(7)17-34(31)35(22-42(9,10)11)41(37)44-36(21-30)39(28)40/h13-21,23-25H,22H2,1-12H3/q+1. The molecule has 2 heterocycles. The molecule has 2 nitrogen and oxygen atoms in total. The number of aryl methyl sites for hydroxylation is 3. The van der Waals surface area contributed by atoms with Crippen LogP contribution < -0.4 is 9.30 Å². The summed E-state index contributed by atoms with van der Waals surface area (Å²) in [5.74, 6) is 3.31. The summed E-state index contributed by atoms with van der Waals surface area (Å²) in [7, 11) is 2.18. The summed E-state index contributed by atoms with van der Waals surface area (Å²) in [5.41, 5.74) is 13.4. The number of fused-ring (bicyclic) bond motifs is 3. The highest BCUT2D eigenvalue weighted by Crippen LogP contribution is 2.53. The molecule has 1 aromatic heterocycles. The van der Waals surface area contributed by atoms with E-state index in [0.717, 1.165) is 17.9 Å². The van der Waals surface area contributed by atoms with E-state index in [1.54, 1.807) is 0 Å². The molecule has 0 N–H and O–H groups in total. The average molecular weight is 585 g/mol. The van der Waals surface area contributed by atoms with Crippen LogP contribution in [0, 0.1) is 19.3 Å². The predicted molar refractivity (Wildman–Crippen MR) is 188 cm³/mol. The smallest absolute Gasteiger partial charge is 0.228 e. The lowest BCUT2D eigenvalue weighted by molar-refractivity contribution is -0.659. The summed E-state index contributed by atoms with van der Waals surface area (Å²) in [4.78, 5) is 0. The van der Waals surface area contributed by atoms with Crippen molar-refractivity contribution >= 4 is 21.5 Å². The fourth-order valence-corrected chi connectivity index (χ4v) is 7.31. The largest absolute Gasteiger partial charge is 0.455 e. The summed E-state index contributed by atoms with van der Waals surface area (Å²) in [5, 5.41) is 5.08. The summed E-state index contributed by atoms with van der Waals surface area (Å²) in [6.45, 7) is 25.4. The maximum atomic E-state index is 7.22. The molecule has 1 aliphatic heterocycles. The van der Waals surface area contributed by atoms with Gasteiger partial charge in [0, 0.05) is 11.6 Å². The molecule has 0 radical (unpaired) electrons. The summed E-state index contributed by atoms with van der Waals surface area (Å²) in [6, 6.07) is 18.9. The highest BCUT2D eigenvalue weighted by molar-refractivity contribution is 6.08. The van der Waals surface area contributed by atoms with Crippen LogP contribution in [0.4, 0.5) is 0 Å². The van der Waals surface area contributed by atoms with E-state index in [1.165, 1.54) is 77.3 Å². The third-order valence-electron chi connectivity index (χ3n) is 9.56. The molecule has 0 amide bonds. The van der Waals surface area contributed by atoms with Crippen LogP contribution in [0.1, 0.15) is 113 Å². The van der Waals surface area contributed by atoms with E-state index in [0.29, 0.717) is 17.8 Å². The number of rotatable bonds is 5. The van der Waals surface area contributed by atoms with E-state index in [1.807, 2.05) is 0 Å². The first-order valence-corrected chi connectivity index (χ1v) is 16.5. The van der Waals surface area contributed by atoms with Gasteiger partial charge in [0.05, 0.1) is 10.9 Å². The van der Waals surface area contributed by atoms with Crippen molar-refractivity contribution in [2.45, 2.75) is 100 Å². The van der Waals surface area contributed by atoms with E-state index < -0.39 is 0 Å². The molecule has 0 saturated heterocycles. The lowest BCUT2D eigenvalue weighted by Crippen LogP contribution is -2.32. The molecular formula is C42H50NO+. The predicted octanol–water partition coefficient (Wildman–Crippen LogP) is 11.8. The normalized spacial score (nSPS) is 13.0. The highest BCUT2D eigenvalue weighted by atomic mass is 16.5. The lowest BCUT2D eigenvalue weighted by atomic mass is 9.80. The fraction of sp³-hybridized carbons (Fsp3) is 0.405. The molecule has 0 saturated carbocycles. The van der Waals surface area contributed by atoms with Crippen molar-refractivity contribution in [1.29, 1.82) is 0 Å². The number of nitrogens with zero attached hydrogens (tertiary/aromatic N) is 1. The Labute approximate surface area is 265 Å². The fourth-order valence-electron chi connectivity index (χ4n) is 7.31. The first-order chi connectivity index (χ1) is 20.7. The van der Waals surface area contributed by atoms with Gasteiger partial charge in [-0.1, -0.05) is 98.2 Å². The maximum absolute atomic E-state index is 7.22. The maximum Gasteiger partial charge on any atom is 0.228 e. The van der Waals surface area contributed by atoms with Crippen LogP contribution in [0.25, 0.3) is 43.9 Å². The van der Waals surface area contributed by atoms with E-state index in [4.69, 9.17) is 4.74 Å². The molecule has 6 rings (SSSR count). The molecule has 4 aromatic carbocycles. The van der Waals surface area contributed by atoms with Gasteiger partial charge in [-0.3, -0.25) is 0 Å². The van der Waals surface area contributed by atoms with Gasteiger partial charge in [0.2, 0.25) is 5.69 Å². The van der Waals surface area contributed by atoms with Gasteiger partial charge in [-0.2, -0.15) is 0 Å². The van der Waals surface area contributed by atoms with E-state index >= 15 is 0 Å². The Bertz CT molecular complexity index is 1920. The van der Waals surface area contributed by atoms with Crippen LogP contribution >= 0.6 is 0 Å². The molecule has 0 atom stereocenters. The van der Waals surface area contributed by atoms with Gasteiger partial charge >= 0.3 is 0 Å². The highest BCUT2D eigenvalue weighted by Gasteiger charge is 2.34. The minimum absolute atomic E-state index is 0.107. The molecule has 1 aliphatic rings. The number of hydrogen-bond acceptors (Lipinski definition) is 1. The van der Waals surface area contributed by atoms with Crippen molar-refractivity contribution in [3.63, 3.8) is 0 Å². The Kier molecular flexibility index (Phi) is 7.43. The van der Waals surface area contributed by atoms with Gasteiger partial charge in [0.25, 0.3) is 0 Å². The average Bonchev–Trinajstić information content (AvgIpc) is 2.94. The topological polar surface area (TPSA) is 13.1 Å². The minimum Gasteiger partial charge on any atom is -0.455 e. The van der Waals surface area contributed by atoms with E-state index in [2.05, 4.69) is 143 Å². The van der Waals surface area contributed by atoms with Crippen molar-refractivity contribution in [2.75, 3.05) is 0 Å². The zero-order valence-electron chi connectivity index (χ0n) is 29.0. The second-order valence-electron chi connectivity index (χ2n) is 15.4. The Hall–Kier alpha value is -3.65. The molecule has 228 valence electrons. The van der Waals surface area contributed by atoms with E-state index in [-0.39, 0.29) is 5.41 Å². The molecule has 0 spiro atoms. The summed E-state index contributed by atoms with van der Waals surface area (Å²) >= 11 is 0. The van der Waals surface area contributed by atoms with Gasteiger partial charge in [-0.15, -0.1) is 0 Å². The van der Waals surface area contributed by atoms with Crippen LogP contribution in [0.15, 0.2) is 54.7 Å². The van der Waals surface area contributed by atoms with Gasteiger partial charge < -0.3 is 4.74 Å². The van der Waals surface area contributed by atoms with Gasteiger partial charge in [-0.05, 0) is 105 Å². The van der Waals surface area contributed by atoms with E-state index in [9.17, 15) is 0 Å². The quantitative estimate of drug-likeness (QED) is 0.184. The van der Waals surface area contributed by atoms with Gasteiger partial charge in [0.15, 0.2) is 6.20 Å². The van der Waals surface area contributed by atoms with Crippen molar-refractivity contribution in [3.8, 4) is 33.9 Å². The van der Waals surface area contributed by atoms with Gasteiger partial charge in [-0.25, -0.2) is 4.57 Å². The molecule has 44 heavy (non-hydrogen) atoms. The van der Waals surface area contributed by atoms with Crippen LogP contribution in [-0.2, 0) is 13.5 Å². The third kappa shape index (κ3) is 5.01. The zero-order chi connectivity index (χ0) is 31.8. The third-order valence-corrected chi connectivity index (χ3v) is 9.56. The van der Waals surface area contributed by atoms with Crippen LogP contribution in [-0.4, -0.2) is 0 Å². The first kappa shape index (κ1) is 30.4. The van der Waals surface area contributed by atoms with Crippen LogP contribution in [0.2, 0.25) is 0 Å². The summed E-state index contributed by atoms with van der Waals surface area (Å²) < 4.78 is 9.52. The van der Waals surface area contributed by atoms with Crippen LogP contribution in [0.5, 0.6) is 11.5 Å². The number of pyridine rings is 1. The molecule has 0 bridgehead atoms. The summed E-state index contributed by atoms with van der Waals surface area (Å²) in [6.07, 6.45) is 3.17. The van der Waals surface area contributed by atoms with Crippen molar-refractivity contribution in [2.24, 2.45) is 12.5 Å². The molecular weight excluding hydrogens is 534 g/mol. The SMILES string of the molecule is Cc1ccc2c(C)c3c(c(CC(C)(C)C)c2c1)Oc1cc(-c2c(C(C)C)cc(C(C)C)cc2C(C)C)cc2cc[n+](C)c-3c12. The number of ether oxygens (including phenoxy) is 1. The number of aromatic nitrogens is 1. The number of benzene rings is 4. The monoisotopic (exact) mass is 584 g/mol. The Morgan fingerprint density at radius 2 is 1.41 bits per heavy atom. The van der Waals surface area contributed by atoms with Crippen molar-refractivity contribution in [3.05, 3.63) is 88.1 Å². The first-order valence-electron chi connectivity index (χ1n) is 16.5. The Morgan fingerprint density at radius 1 is 0.750 bits per heavy atom. The minimum atomic E-state index is 0.107. The molecule has 2 heteroatoms. The molecule has 0 unspecified atom stereocenters. The zero-order valence-corrected chi connectivity index (χ0v) is 29.0. The Balaban J connectivity index is 1.71. The molecule has 0 fully saturated rings. The second-order valence-corrected chi connectivity index (χ2v) is 15.4.